The molecule has 17 heavy (non-hydrogen) atoms. The summed E-state index contributed by atoms with van der Waals surface area (Å²) in [7, 11) is 1.49. The summed E-state index contributed by atoms with van der Waals surface area (Å²) >= 11 is 3.27. The Morgan fingerprint density at radius 2 is 2.06 bits per heavy atom. The molecule has 0 N–H and O–H groups in total. The molecule has 5 heteroatoms. The molecule has 0 aliphatic heterocycles. The van der Waals surface area contributed by atoms with Gasteiger partial charge in [0.25, 0.3) is 0 Å². The fourth-order valence-corrected chi connectivity index (χ4v) is 1.78. The summed E-state index contributed by atoms with van der Waals surface area (Å²) in [5, 5.41) is 0. The molecule has 0 radical (unpaired) electrons. The molecule has 1 fully saturated rings. The number of halogens is 2. The van der Waals surface area contributed by atoms with Gasteiger partial charge in [0.1, 0.15) is 5.75 Å². The third-order valence-electron chi connectivity index (χ3n) is 2.49. The van der Waals surface area contributed by atoms with E-state index in [0.717, 1.165) is 0 Å². The van der Waals surface area contributed by atoms with Crippen LogP contribution in [0.3, 0.4) is 0 Å². The lowest BCUT2D eigenvalue weighted by atomic mass is 10.3. The van der Waals surface area contributed by atoms with Crippen molar-refractivity contribution >= 4 is 15.9 Å². The maximum absolute atomic E-state index is 13.5. The van der Waals surface area contributed by atoms with E-state index in [9.17, 15) is 4.39 Å². The minimum atomic E-state index is -0.437. The number of ether oxygens (including phenoxy) is 3. The van der Waals surface area contributed by atoms with E-state index in [-0.39, 0.29) is 12.5 Å². The SMILES string of the molecule is COCOc1cc(OCC2CC2)c(Br)cc1F. The van der Waals surface area contributed by atoms with E-state index in [1.54, 1.807) is 6.07 Å². The van der Waals surface area contributed by atoms with Crippen LogP contribution in [0.15, 0.2) is 16.6 Å². The van der Waals surface area contributed by atoms with Gasteiger partial charge >= 0.3 is 0 Å². The van der Waals surface area contributed by atoms with Crippen molar-refractivity contribution in [3.05, 3.63) is 22.4 Å². The summed E-state index contributed by atoms with van der Waals surface area (Å²) in [6, 6.07) is 2.88. The van der Waals surface area contributed by atoms with Crippen molar-refractivity contribution in [2.75, 3.05) is 20.5 Å². The zero-order valence-corrected chi connectivity index (χ0v) is 11.1. The molecule has 94 valence electrons. The molecule has 0 saturated heterocycles. The van der Waals surface area contributed by atoms with Gasteiger partial charge in [-0.3, -0.25) is 0 Å². The minimum Gasteiger partial charge on any atom is -0.492 e. The predicted octanol–water partition coefficient (Wildman–Crippen LogP) is 3.36. The molecular formula is C12H14BrFO3. The second kappa shape index (κ2) is 5.69. The van der Waals surface area contributed by atoms with Crippen LogP contribution >= 0.6 is 15.9 Å². The summed E-state index contributed by atoms with van der Waals surface area (Å²) in [6.07, 6.45) is 2.43. The van der Waals surface area contributed by atoms with Crippen LogP contribution in [0.4, 0.5) is 4.39 Å². The van der Waals surface area contributed by atoms with Crippen LogP contribution in [0.5, 0.6) is 11.5 Å². The van der Waals surface area contributed by atoms with Gasteiger partial charge in [0.2, 0.25) is 0 Å². The molecular weight excluding hydrogens is 291 g/mol. The Morgan fingerprint density at radius 3 is 2.71 bits per heavy atom. The van der Waals surface area contributed by atoms with E-state index in [4.69, 9.17) is 14.2 Å². The second-order valence-corrected chi connectivity index (χ2v) is 4.87. The molecule has 0 unspecified atom stereocenters. The first-order chi connectivity index (χ1) is 8.20. The first-order valence-corrected chi connectivity index (χ1v) is 6.23. The van der Waals surface area contributed by atoms with Gasteiger partial charge in [-0.05, 0) is 40.8 Å². The van der Waals surface area contributed by atoms with Crippen LogP contribution in [0.25, 0.3) is 0 Å². The molecule has 2 rings (SSSR count). The van der Waals surface area contributed by atoms with E-state index >= 15 is 0 Å². The number of methoxy groups -OCH3 is 1. The lowest BCUT2D eigenvalue weighted by Crippen LogP contribution is -2.03. The average molecular weight is 305 g/mol. The largest absolute Gasteiger partial charge is 0.492 e. The Labute approximate surface area is 108 Å². The van der Waals surface area contributed by atoms with Crippen molar-refractivity contribution in [3.63, 3.8) is 0 Å². The second-order valence-electron chi connectivity index (χ2n) is 4.02. The van der Waals surface area contributed by atoms with Crippen LogP contribution in [-0.2, 0) is 4.74 Å². The molecule has 0 spiro atoms. The zero-order valence-electron chi connectivity index (χ0n) is 9.54. The molecule has 0 atom stereocenters. The van der Waals surface area contributed by atoms with E-state index in [0.29, 0.717) is 22.7 Å². The number of hydrogen-bond acceptors (Lipinski definition) is 3. The van der Waals surface area contributed by atoms with Crippen LogP contribution in [0, 0.1) is 11.7 Å². The highest BCUT2D eigenvalue weighted by Gasteiger charge is 2.22. The summed E-state index contributed by atoms with van der Waals surface area (Å²) in [5.41, 5.74) is 0. The number of benzene rings is 1. The normalized spacial score (nSPS) is 14.8. The van der Waals surface area contributed by atoms with Gasteiger partial charge in [-0.25, -0.2) is 4.39 Å². The summed E-state index contributed by atoms with van der Waals surface area (Å²) in [6.45, 7) is 0.689. The van der Waals surface area contributed by atoms with Crippen LogP contribution in [0.1, 0.15) is 12.8 Å². The Balaban J connectivity index is 2.06. The monoisotopic (exact) mass is 304 g/mol. The fourth-order valence-electron chi connectivity index (χ4n) is 1.35. The van der Waals surface area contributed by atoms with E-state index in [2.05, 4.69) is 15.9 Å². The molecule has 1 aliphatic rings. The molecule has 1 aliphatic carbocycles. The zero-order chi connectivity index (χ0) is 12.3. The van der Waals surface area contributed by atoms with Gasteiger partial charge in [-0.2, -0.15) is 0 Å². The Morgan fingerprint density at radius 1 is 1.29 bits per heavy atom. The van der Waals surface area contributed by atoms with Gasteiger partial charge in [-0.15, -0.1) is 0 Å². The molecule has 0 amide bonds. The highest BCUT2D eigenvalue weighted by molar-refractivity contribution is 9.10. The standard InChI is InChI=1S/C12H14BrFO3/c1-15-7-17-12-5-11(9(13)4-10(12)14)16-6-8-2-3-8/h4-5,8H,2-3,6-7H2,1H3. The Bertz CT molecular complexity index is 394. The average Bonchev–Trinajstić information content (AvgIpc) is 3.10. The van der Waals surface area contributed by atoms with Crippen molar-refractivity contribution in [2.45, 2.75) is 12.8 Å². The Kier molecular flexibility index (Phi) is 4.23. The van der Waals surface area contributed by atoms with E-state index < -0.39 is 5.82 Å². The van der Waals surface area contributed by atoms with Crippen molar-refractivity contribution < 1.29 is 18.6 Å². The Hall–Kier alpha value is -0.810. The highest BCUT2D eigenvalue weighted by atomic mass is 79.9. The van der Waals surface area contributed by atoms with Crippen molar-refractivity contribution in [1.82, 2.24) is 0 Å². The van der Waals surface area contributed by atoms with Gasteiger partial charge in [-0.1, -0.05) is 0 Å². The molecule has 0 aromatic heterocycles. The van der Waals surface area contributed by atoms with E-state index in [1.807, 2.05) is 0 Å². The van der Waals surface area contributed by atoms with Crippen LogP contribution in [-0.4, -0.2) is 20.5 Å². The molecule has 1 saturated carbocycles. The maximum atomic E-state index is 13.5. The van der Waals surface area contributed by atoms with Crippen LogP contribution in [0.2, 0.25) is 0 Å². The maximum Gasteiger partial charge on any atom is 0.188 e. The quantitative estimate of drug-likeness (QED) is 0.754. The fraction of sp³-hybridized carbons (Fsp3) is 0.500. The summed E-state index contributed by atoms with van der Waals surface area (Å²) < 4.78 is 29.5. The molecule has 1 aromatic carbocycles. The molecule has 1 aromatic rings. The van der Waals surface area contributed by atoms with E-state index in [1.165, 1.54) is 26.0 Å². The topological polar surface area (TPSA) is 27.7 Å². The van der Waals surface area contributed by atoms with Gasteiger partial charge in [0.15, 0.2) is 18.4 Å². The summed E-state index contributed by atoms with van der Waals surface area (Å²) in [4.78, 5) is 0. The third-order valence-corrected chi connectivity index (χ3v) is 3.11. The van der Waals surface area contributed by atoms with Gasteiger partial charge in [0, 0.05) is 13.2 Å². The minimum absolute atomic E-state index is 0.0145. The third kappa shape index (κ3) is 3.57. The van der Waals surface area contributed by atoms with Crippen molar-refractivity contribution in [2.24, 2.45) is 5.92 Å². The predicted molar refractivity (Wildman–Crippen MR) is 64.8 cm³/mol. The summed E-state index contributed by atoms with van der Waals surface area (Å²) in [5.74, 6) is 0.952. The van der Waals surface area contributed by atoms with Gasteiger partial charge in [0.05, 0.1) is 11.1 Å². The molecule has 0 heterocycles. The van der Waals surface area contributed by atoms with Gasteiger partial charge < -0.3 is 14.2 Å². The van der Waals surface area contributed by atoms with Crippen LogP contribution < -0.4 is 9.47 Å². The van der Waals surface area contributed by atoms with Crippen molar-refractivity contribution in [1.29, 1.82) is 0 Å². The first kappa shape index (κ1) is 12.6. The molecule has 3 nitrogen and oxygen atoms in total. The smallest absolute Gasteiger partial charge is 0.188 e. The lowest BCUT2D eigenvalue weighted by molar-refractivity contribution is 0.0480. The van der Waals surface area contributed by atoms with Crippen molar-refractivity contribution in [3.8, 4) is 11.5 Å². The lowest BCUT2D eigenvalue weighted by Gasteiger charge is -2.11. The number of rotatable bonds is 6. The first-order valence-electron chi connectivity index (χ1n) is 5.44. The highest BCUT2D eigenvalue weighted by Crippen LogP contribution is 2.35. The number of hydrogen-bond donors (Lipinski definition) is 0. The molecule has 0 bridgehead atoms.